The van der Waals surface area contributed by atoms with Gasteiger partial charge >= 0.3 is 6.09 Å². The van der Waals surface area contributed by atoms with Crippen molar-refractivity contribution in [1.82, 2.24) is 20.3 Å². The molecule has 4 rings (SSSR count). The summed E-state index contributed by atoms with van der Waals surface area (Å²) >= 11 is 0. The maximum Gasteiger partial charge on any atom is 0.407 e. The molecular weight excluding hydrogens is 336 g/mol. The average Bonchev–Trinajstić information content (AvgIpc) is 3.25. The van der Waals surface area contributed by atoms with E-state index in [9.17, 15) is 9.59 Å². The van der Waals surface area contributed by atoms with Gasteiger partial charge in [-0.3, -0.25) is 9.69 Å². The van der Waals surface area contributed by atoms with Crippen LogP contribution in [0.4, 0.5) is 4.79 Å². The second kappa shape index (κ2) is 6.57. The minimum atomic E-state index is -0.320. The Hall–Kier alpha value is -2.09. The molecule has 3 aliphatic rings. The molecule has 1 aromatic heterocycles. The predicted molar refractivity (Wildman–Crippen MR) is 92.4 cm³/mol. The molecule has 0 aromatic carbocycles. The molecule has 1 atom stereocenters. The van der Waals surface area contributed by atoms with E-state index >= 15 is 0 Å². The molecule has 0 saturated carbocycles. The number of nitrogens with zero attached hydrogens (tertiary/aromatic N) is 3. The Balaban J connectivity index is 1.33. The first-order valence-corrected chi connectivity index (χ1v) is 9.30. The van der Waals surface area contributed by atoms with Crippen LogP contribution in [0.2, 0.25) is 0 Å². The Morgan fingerprint density at radius 2 is 2.04 bits per heavy atom. The van der Waals surface area contributed by atoms with Crippen molar-refractivity contribution in [1.29, 1.82) is 0 Å². The highest BCUT2D eigenvalue weighted by Crippen LogP contribution is 2.41. The van der Waals surface area contributed by atoms with Gasteiger partial charge in [0.1, 0.15) is 11.9 Å². The second-order valence-corrected chi connectivity index (χ2v) is 7.94. The molecule has 1 unspecified atom stereocenters. The molecule has 3 fully saturated rings. The lowest BCUT2D eigenvalue weighted by Gasteiger charge is -2.39. The summed E-state index contributed by atoms with van der Waals surface area (Å²) in [5, 5.41) is 6.69. The zero-order valence-corrected chi connectivity index (χ0v) is 15.4. The number of piperidine rings is 1. The van der Waals surface area contributed by atoms with Gasteiger partial charge in [-0.25, -0.2) is 4.79 Å². The lowest BCUT2D eigenvalue weighted by Crippen LogP contribution is -2.44. The van der Waals surface area contributed by atoms with E-state index in [1.165, 1.54) is 0 Å². The number of likely N-dealkylation sites (tertiary alicyclic amines) is 2. The largest absolute Gasteiger partial charge is 0.443 e. The molecule has 0 radical (unpaired) electrons. The summed E-state index contributed by atoms with van der Waals surface area (Å²) in [6.07, 6.45) is 2.26. The molecule has 8 nitrogen and oxygen atoms in total. The van der Waals surface area contributed by atoms with Crippen molar-refractivity contribution in [3.05, 3.63) is 17.0 Å². The van der Waals surface area contributed by atoms with Crippen LogP contribution in [0.5, 0.6) is 0 Å². The zero-order chi connectivity index (χ0) is 18.3. The molecule has 1 spiro atoms. The van der Waals surface area contributed by atoms with E-state index in [-0.39, 0.29) is 23.5 Å². The first kappa shape index (κ1) is 17.3. The van der Waals surface area contributed by atoms with E-state index in [1.54, 1.807) is 0 Å². The van der Waals surface area contributed by atoms with E-state index in [4.69, 9.17) is 9.26 Å². The Labute approximate surface area is 152 Å². The number of carbonyl (C=O) groups is 2. The topological polar surface area (TPSA) is 87.9 Å². The van der Waals surface area contributed by atoms with Crippen LogP contribution in [0.3, 0.4) is 0 Å². The number of rotatable bonds is 4. The average molecular weight is 362 g/mol. The molecule has 3 saturated heterocycles. The molecule has 8 heteroatoms. The Morgan fingerprint density at radius 3 is 2.65 bits per heavy atom. The third kappa shape index (κ3) is 3.30. The van der Waals surface area contributed by atoms with Crippen LogP contribution in [0.1, 0.15) is 36.3 Å². The molecule has 0 aliphatic carbocycles. The fraction of sp³-hybridized carbons (Fsp3) is 0.722. The molecule has 2 amide bonds. The van der Waals surface area contributed by atoms with Crippen molar-refractivity contribution in [2.75, 3.05) is 32.7 Å². The van der Waals surface area contributed by atoms with Gasteiger partial charge in [-0.1, -0.05) is 5.16 Å². The zero-order valence-electron chi connectivity index (χ0n) is 15.4. The van der Waals surface area contributed by atoms with Crippen LogP contribution in [-0.4, -0.2) is 65.8 Å². The van der Waals surface area contributed by atoms with Crippen molar-refractivity contribution in [2.45, 2.75) is 45.8 Å². The van der Waals surface area contributed by atoms with Crippen LogP contribution in [-0.2, 0) is 16.1 Å². The quantitative estimate of drug-likeness (QED) is 0.866. The number of nitrogens with one attached hydrogen (secondary N) is 1. The lowest BCUT2D eigenvalue weighted by atomic mass is 9.77. The highest BCUT2D eigenvalue weighted by atomic mass is 16.6. The molecule has 3 aliphatic heterocycles. The third-order valence-corrected chi connectivity index (χ3v) is 6.06. The summed E-state index contributed by atoms with van der Waals surface area (Å²) < 4.78 is 10.5. The SMILES string of the molecule is Cc1noc(C)c1CN1CC2(CCN(CC3CNC(=O)O3)CC2)CC1=O. The summed E-state index contributed by atoms with van der Waals surface area (Å²) in [5.74, 6) is 1.03. The molecule has 142 valence electrons. The number of carbonyl (C=O) groups excluding carboxylic acids is 2. The maximum absolute atomic E-state index is 12.6. The van der Waals surface area contributed by atoms with Crippen LogP contribution in [0.15, 0.2) is 4.52 Å². The first-order chi connectivity index (χ1) is 12.4. The van der Waals surface area contributed by atoms with Gasteiger partial charge in [0.05, 0.1) is 18.8 Å². The monoisotopic (exact) mass is 362 g/mol. The van der Waals surface area contributed by atoms with Gasteiger partial charge in [0, 0.05) is 25.1 Å². The Morgan fingerprint density at radius 1 is 1.27 bits per heavy atom. The number of aromatic nitrogens is 1. The summed E-state index contributed by atoms with van der Waals surface area (Å²) in [4.78, 5) is 28.0. The highest BCUT2D eigenvalue weighted by molar-refractivity contribution is 5.79. The Bertz CT molecular complexity index is 689. The van der Waals surface area contributed by atoms with Gasteiger partial charge in [0.25, 0.3) is 0 Å². The normalized spacial score (nSPS) is 25.8. The van der Waals surface area contributed by atoms with Crippen LogP contribution in [0.25, 0.3) is 0 Å². The van der Waals surface area contributed by atoms with Gasteiger partial charge in [0.15, 0.2) is 0 Å². The summed E-state index contributed by atoms with van der Waals surface area (Å²) in [7, 11) is 0. The van der Waals surface area contributed by atoms with Crippen molar-refractivity contribution < 1.29 is 18.8 Å². The molecule has 0 bridgehead atoms. The van der Waals surface area contributed by atoms with E-state index in [2.05, 4.69) is 15.4 Å². The van der Waals surface area contributed by atoms with Crippen LogP contribution < -0.4 is 5.32 Å². The summed E-state index contributed by atoms with van der Waals surface area (Å²) in [6, 6.07) is 0. The molecule has 4 heterocycles. The number of ether oxygens (including phenoxy) is 1. The van der Waals surface area contributed by atoms with Crippen molar-refractivity contribution >= 4 is 12.0 Å². The van der Waals surface area contributed by atoms with Crippen LogP contribution in [0, 0.1) is 19.3 Å². The van der Waals surface area contributed by atoms with E-state index in [0.717, 1.165) is 56.0 Å². The predicted octanol–water partition coefficient (Wildman–Crippen LogP) is 1.21. The molecule has 26 heavy (non-hydrogen) atoms. The fourth-order valence-electron chi connectivity index (χ4n) is 4.41. The first-order valence-electron chi connectivity index (χ1n) is 9.30. The minimum Gasteiger partial charge on any atom is -0.443 e. The van der Waals surface area contributed by atoms with Crippen LogP contribution >= 0.6 is 0 Å². The summed E-state index contributed by atoms with van der Waals surface area (Å²) in [5.41, 5.74) is 1.98. The smallest absolute Gasteiger partial charge is 0.407 e. The number of aryl methyl sites for hydroxylation is 2. The van der Waals surface area contributed by atoms with E-state index < -0.39 is 0 Å². The minimum absolute atomic E-state index is 0.0576. The number of cyclic esters (lactones) is 1. The van der Waals surface area contributed by atoms with E-state index in [0.29, 0.717) is 19.5 Å². The summed E-state index contributed by atoms with van der Waals surface area (Å²) in [6.45, 7) is 8.47. The van der Waals surface area contributed by atoms with Gasteiger partial charge in [-0.2, -0.15) is 0 Å². The Kier molecular flexibility index (Phi) is 4.38. The van der Waals surface area contributed by atoms with Crippen molar-refractivity contribution in [3.63, 3.8) is 0 Å². The number of alkyl carbamates (subject to hydrolysis) is 1. The van der Waals surface area contributed by atoms with Gasteiger partial charge in [-0.05, 0) is 45.2 Å². The van der Waals surface area contributed by atoms with Gasteiger partial charge in [-0.15, -0.1) is 0 Å². The fourth-order valence-corrected chi connectivity index (χ4v) is 4.41. The number of hydrogen-bond donors (Lipinski definition) is 1. The third-order valence-electron chi connectivity index (χ3n) is 6.06. The van der Waals surface area contributed by atoms with Gasteiger partial charge < -0.3 is 19.5 Å². The van der Waals surface area contributed by atoms with Crippen molar-refractivity contribution in [2.24, 2.45) is 5.41 Å². The van der Waals surface area contributed by atoms with E-state index in [1.807, 2.05) is 18.7 Å². The lowest BCUT2D eigenvalue weighted by molar-refractivity contribution is -0.128. The van der Waals surface area contributed by atoms with Gasteiger partial charge in [0.2, 0.25) is 5.91 Å². The molecule has 1 N–H and O–H groups in total. The molecular formula is C18H26N4O4. The standard InChI is InChI=1S/C18H26N4O4/c1-12-15(13(2)26-20-12)10-22-11-18(7-16(22)23)3-5-21(6-4-18)9-14-8-19-17(24)25-14/h14H,3-11H2,1-2H3,(H,19,24). The second-order valence-electron chi connectivity index (χ2n) is 7.94. The maximum atomic E-state index is 12.6. The number of hydrogen-bond acceptors (Lipinski definition) is 6. The van der Waals surface area contributed by atoms with Crippen molar-refractivity contribution in [3.8, 4) is 0 Å². The number of amides is 2. The highest BCUT2D eigenvalue weighted by Gasteiger charge is 2.45. The molecule has 1 aromatic rings.